The molecular weight excluding hydrogens is 166 g/mol. The van der Waals surface area contributed by atoms with E-state index in [2.05, 4.69) is 15.7 Å². The van der Waals surface area contributed by atoms with Crippen molar-refractivity contribution in [1.82, 2.24) is 10.7 Å². The average molecular weight is 174 g/mol. The van der Waals surface area contributed by atoms with Gasteiger partial charge in [-0.2, -0.15) is 0 Å². The molecule has 0 aromatic heterocycles. The van der Waals surface area contributed by atoms with E-state index in [1.54, 1.807) is 0 Å². The summed E-state index contributed by atoms with van der Waals surface area (Å²) in [4.78, 5) is 3.74. The molecule has 5 nitrogen and oxygen atoms in total. The minimum Gasteiger partial charge on any atom is -0.356 e. The van der Waals surface area contributed by atoms with Gasteiger partial charge in [0.05, 0.1) is 6.34 Å². The highest BCUT2D eigenvalue weighted by molar-refractivity contribution is 6.31. The van der Waals surface area contributed by atoms with E-state index in [1.807, 2.05) is 0 Å². The first kappa shape index (κ1) is 8.19. The largest absolute Gasteiger partial charge is 0.356 e. The van der Waals surface area contributed by atoms with Crippen LogP contribution in [0.25, 0.3) is 0 Å². The van der Waals surface area contributed by atoms with Gasteiger partial charge in [0.25, 0.3) is 0 Å². The maximum absolute atomic E-state index is 6.98. The third-order valence-corrected chi connectivity index (χ3v) is 1.61. The van der Waals surface area contributed by atoms with Crippen molar-refractivity contribution in [2.24, 2.45) is 10.8 Å². The topological polar surface area (TPSA) is 86.3 Å². The summed E-state index contributed by atoms with van der Waals surface area (Å²) in [7, 11) is 0. The van der Waals surface area contributed by atoms with E-state index >= 15 is 0 Å². The van der Waals surface area contributed by atoms with E-state index in [4.69, 9.17) is 22.9 Å². The molecule has 0 fully saturated rings. The van der Waals surface area contributed by atoms with Gasteiger partial charge in [-0.15, -0.1) is 0 Å². The molecule has 1 heterocycles. The van der Waals surface area contributed by atoms with Crippen LogP contribution in [0.1, 0.15) is 0 Å². The minimum absolute atomic E-state index is 0.279. The maximum atomic E-state index is 6.98. The number of nitrogens with two attached hydrogens (primary N) is 1. The van der Waals surface area contributed by atoms with Crippen LogP contribution in [0, 0.1) is 5.41 Å². The Kier molecular flexibility index (Phi) is 2.58. The number of hydrazine groups is 1. The Bertz CT molecular complexity index is 221. The predicted octanol–water partition coefficient (Wildman–Crippen LogP) is -0.493. The van der Waals surface area contributed by atoms with Crippen molar-refractivity contribution in [2.45, 2.75) is 6.17 Å². The molecule has 0 amide bonds. The zero-order chi connectivity index (χ0) is 8.27. The highest BCUT2D eigenvalue weighted by atomic mass is 35.5. The second-order valence-electron chi connectivity index (χ2n) is 1.92. The quantitative estimate of drug-likeness (QED) is 0.197. The maximum Gasteiger partial charge on any atom is 0.138 e. The molecule has 0 spiro atoms. The Morgan fingerprint density at radius 3 is 3.09 bits per heavy atom. The number of aliphatic imine (C=N–C) groups is 1. The Morgan fingerprint density at radius 2 is 2.64 bits per heavy atom. The van der Waals surface area contributed by atoms with Crippen LogP contribution in [0.5, 0.6) is 0 Å². The first-order valence-corrected chi connectivity index (χ1v) is 3.32. The third-order valence-electron chi connectivity index (χ3n) is 1.29. The fourth-order valence-electron chi connectivity index (χ4n) is 0.733. The van der Waals surface area contributed by atoms with Gasteiger partial charge in [-0.05, 0) is 0 Å². The SMILES string of the molecule is N=CC1=C(Cl)N=CNC1NN. The molecule has 0 saturated heterocycles. The third kappa shape index (κ3) is 1.56. The standard InChI is InChI=1S/C5H8ClN5/c6-4-3(1-7)5(11-8)10-2-9-4/h1-2,5,7,11H,8H2,(H,9,10). The summed E-state index contributed by atoms with van der Waals surface area (Å²) >= 11 is 5.65. The zero-order valence-corrected chi connectivity index (χ0v) is 6.39. The molecule has 1 aliphatic heterocycles. The van der Waals surface area contributed by atoms with Crippen molar-refractivity contribution >= 4 is 24.2 Å². The first-order chi connectivity index (χ1) is 5.29. The van der Waals surface area contributed by atoms with Crippen molar-refractivity contribution in [3.8, 4) is 0 Å². The van der Waals surface area contributed by atoms with Crippen LogP contribution in [0.15, 0.2) is 15.7 Å². The van der Waals surface area contributed by atoms with Gasteiger partial charge in [0.15, 0.2) is 0 Å². The highest BCUT2D eigenvalue weighted by Gasteiger charge is 2.15. The summed E-state index contributed by atoms with van der Waals surface area (Å²) in [6.07, 6.45) is 2.22. The van der Waals surface area contributed by atoms with E-state index in [-0.39, 0.29) is 11.3 Å². The van der Waals surface area contributed by atoms with Gasteiger partial charge in [-0.25, -0.2) is 10.4 Å². The van der Waals surface area contributed by atoms with Crippen LogP contribution in [-0.4, -0.2) is 18.7 Å². The molecule has 0 saturated carbocycles. The number of halogens is 1. The van der Waals surface area contributed by atoms with Crippen LogP contribution in [-0.2, 0) is 0 Å². The van der Waals surface area contributed by atoms with Crippen molar-refractivity contribution < 1.29 is 0 Å². The van der Waals surface area contributed by atoms with Gasteiger partial charge in [-0.1, -0.05) is 11.6 Å². The lowest BCUT2D eigenvalue weighted by molar-refractivity contribution is 0.575. The lowest BCUT2D eigenvalue weighted by Crippen LogP contribution is -2.48. The highest BCUT2D eigenvalue weighted by Crippen LogP contribution is 2.13. The Morgan fingerprint density at radius 1 is 1.91 bits per heavy atom. The van der Waals surface area contributed by atoms with E-state index in [0.717, 1.165) is 6.21 Å². The van der Waals surface area contributed by atoms with Gasteiger partial charge < -0.3 is 10.7 Å². The average Bonchev–Trinajstić information content (AvgIpc) is 2.04. The van der Waals surface area contributed by atoms with Crippen molar-refractivity contribution in [2.75, 3.05) is 0 Å². The van der Waals surface area contributed by atoms with Crippen LogP contribution in [0.4, 0.5) is 0 Å². The number of rotatable bonds is 2. The fraction of sp³-hybridized carbons (Fsp3) is 0.200. The van der Waals surface area contributed by atoms with E-state index in [9.17, 15) is 0 Å². The molecule has 0 radical (unpaired) electrons. The van der Waals surface area contributed by atoms with Crippen molar-refractivity contribution in [3.63, 3.8) is 0 Å². The Labute approximate surface area is 68.8 Å². The van der Waals surface area contributed by atoms with Crippen molar-refractivity contribution in [3.05, 3.63) is 10.7 Å². The van der Waals surface area contributed by atoms with Gasteiger partial charge in [0, 0.05) is 11.8 Å². The molecule has 0 aromatic rings. The molecule has 0 aliphatic carbocycles. The molecule has 1 unspecified atom stereocenters. The van der Waals surface area contributed by atoms with Gasteiger partial charge in [0.2, 0.25) is 0 Å². The van der Waals surface area contributed by atoms with Gasteiger partial charge in [0.1, 0.15) is 11.3 Å². The van der Waals surface area contributed by atoms with E-state index < -0.39 is 0 Å². The summed E-state index contributed by atoms with van der Waals surface area (Å²) in [6.45, 7) is 0. The number of nitrogens with one attached hydrogen (secondary N) is 3. The Balaban J connectivity index is 2.89. The zero-order valence-electron chi connectivity index (χ0n) is 5.63. The second kappa shape index (κ2) is 3.47. The summed E-state index contributed by atoms with van der Waals surface area (Å²) in [5, 5.41) is 10.0. The summed E-state index contributed by atoms with van der Waals surface area (Å²) in [6, 6.07) is 0. The molecule has 1 atom stereocenters. The summed E-state index contributed by atoms with van der Waals surface area (Å²) in [5.74, 6) is 5.16. The molecule has 1 aliphatic rings. The number of nitrogens with zero attached hydrogens (tertiary/aromatic N) is 1. The van der Waals surface area contributed by atoms with Crippen LogP contribution >= 0.6 is 11.6 Å². The number of hydrogen-bond acceptors (Lipinski definition) is 5. The van der Waals surface area contributed by atoms with Crippen LogP contribution in [0.3, 0.4) is 0 Å². The smallest absolute Gasteiger partial charge is 0.138 e. The second-order valence-corrected chi connectivity index (χ2v) is 2.27. The fourth-order valence-corrected chi connectivity index (χ4v) is 0.945. The Hall–Kier alpha value is -0.910. The van der Waals surface area contributed by atoms with Crippen molar-refractivity contribution in [1.29, 1.82) is 5.41 Å². The van der Waals surface area contributed by atoms with Crippen LogP contribution < -0.4 is 16.6 Å². The van der Waals surface area contributed by atoms with Gasteiger partial charge in [-0.3, -0.25) is 5.84 Å². The normalized spacial score (nSPS) is 23.3. The molecule has 0 aromatic carbocycles. The first-order valence-electron chi connectivity index (χ1n) is 2.94. The van der Waals surface area contributed by atoms with E-state index in [1.165, 1.54) is 6.34 Å². The molecule has 5 N–H and O–H groups in total. The molecule has 11 heavy (non-hydrogen) atoms. The molecule has 1 rings (SSSR count). The number of hydrogen-bond donors (Lipinski definition) is 4. The van der Waals surface area contributed by atoms with Gasteiger partial charge >= 0.3 is 0 Å². The molecular formula is C5H8ClN5. The minimum atomic E-state index is -0.322. The molecule has 0 bridgehead atoms. The lowest BCUT2D eigenvalue weighted by atomic mass is 10.2. The monoisotopic (exact) mass is 173 g/mol. The van der Waals surface area contributed by atoms with Crippen LogP contribution in [0.2, 0.25) is 0 Å². The van der Waals surface area contributed by atoms with E-state index in [0.29, 0.717) is 5.57 Å². The molecule has 60 valence electrons. The summed E-state index contributed by atoms with van der Waals surface area (Å²) < 4.78 is 0. The predicted molar refractivity (Wildman–Crippen MR) is 44.4 cm³/mol. The molecule has 6 heteroatoms. The lowest BCUT2D eigenvalue weighted by Gasteiger charge is -2.19. The summed E-state index contributed by atoms with van der Waals surface area (Å²) in [5.41, 5.74) is 2.96.